The number of hydrogen-bond donors (Lipinski definition) is 1. The third-order valence-electron chi connectivity index (χ3n) is 4.74. The van der Waals surface area contributed by atoms with Gasteiger partial charge in [-0.25, -0.2) is 0 Å². The maximum absolute atomic E-state index is 11.7. The molecule has 144 valence electrons. The smallest absolute Gasteiger partial charge is 0.146 e. The lowest BCUT2D eigenvalue weighted by atomic mass is 10.0. The predicted molar refractivity (Wildman–Crippen MR) is 105 cm³/mol. The van der Waals surface area contributed by atoms with Crippen LogP contribution in [0.4, 0.5) is 0 Å². The third-order valence-corrected chi connectivity index (χ3v) is 4.74. The lowest BCUT2D eigenvalue weighted by molar-refractivity contribution is -0.120. The monoisotopic (exact) mass is 341 g/mol. The Labute approximate surface area is 151 Å². The van der Waals surface area contributed by atoms with E-state index in [0.29, 0.717) is 25.3 Å². The van der Waals surface area contributed by atoms with Gasteiger partial charge in [0.25, 0.3) is 0 Å². The van der Waals surface area contributed by atoms with E-state index in [0.717, 1.165) is 6.42 Å². The fourth-order valence-corrected chi connectivity index (χ4v) is 3.15. The molecule has 0 aliphatic heterocycles. The lowest BCUT2D eigenvalue weighted by Gasteiger charge is -2.13. The van der Waals surface area contributed by atoms with E-state index in [1.165, 1.54) is 83.5 Å². The first-order chi connectivity index (χ1) is 11.7. The molecule has 0 aromatic rings. The lowest BCUT2D eigenvalue weighted by Crippen LogP contribution is -2.28. The fourth-order valence-electron chi connectivity index (χ4n) is 3.15. The van der Waals surface area contributed by atoms with Crippen molar-refractivity contribution < 1.29 is 9.90 Å². The van der Waals surface area contributed by atoms with Crippen LogP contribution in [0.2, 0.25) is 0 Å². The summed E-state index contributed by atoms with van der Waals surface area (Å²) in [5.41, 5.74) is 0. The van der Waals surface area contributed by atoms with E-state index < -0.39 is 0 Å². The zero-order valence-corrected chi connectivity index (χ0v) is 16.5. The maximum Gasteiger partial charge on any atom is 0.146 e. The molecule has 0 fully saturated rings. The molecule has 0 aromatic heterocycles. The van der Waals surface area contributed by atoms with Crippen molar-refractivity contribution in [3.05, 3.63) is 0 Å². The molecule has 24 heavy (non-hydrogen) atoms. The Balaban J connectivity index is 3.16. The molecule has 3 nitrogen and oxygen atoms in total. The van der Waals surface area contributed by atoms with Crippen LogP contribution in [-0.2, 0) is 4.79 Å². The summed E-state index contributed by atoms with van der Waals surface area (Å²) in [6, 6.07) is 0. The molecule has 0 atom stereocenters. The topological polar surface area (TPSA) is 40.5 Å². The highest BCUT2D eigenvalue weighted by atomic mass is 16.3. The van der Waals surface area contributed by atoms with Crippen LogP contribution in [0.5, 0.6) is 0 Å². The zero-order chi connectivity index (χ0) is 17.9. The van der Waals surface area contributed by atoms with E-state index in [1.54, 1.807) is 0 Å². The number of Topliss-reactive ketones (excluding diaryl/α,β-unsaturated/α-hetero) is 1. The van der Waals surface area contributed by atoms with Gasteiger partial charge in [0.05, 0.1) is 13.2 Å². The molecule has 0 saturated carbocycles. The summed E-state index contributed by atoms with van der Waals surface area (Å²) in [4.78, 5) is 13.6. The number of likely N-dealkylation sites (N-methyl/N-ethyl adjacent to an activating group) is 1. The second-order valence-corrected chi connectivity index (χ2v) is 7.35. The molecule has 1 N–H and O–H groups in total. The molecular weight excluding hydrogens is 298 g/mol. The number of carbonyl (C=O) groups is 1. The van der Waals surface area contributed by atoms with Gasteiger partial charge in [-0.3, -0.25) is 9.69 Å². The van der Waals surface area contributed by atoms with Gasteiger partial charge in [-0.1, -0.05) is 90.4 Å². The van der Waals surface area contributed by atoms with E-state index >= 15 is 0 Å². The molecule has 0 saturated heterocycles. The van der Waals surface area contributed by atoms with Gasteiger partial charge in [-0.2, -0.15) is 0 Å². The van der Waals surface area contributed by atoms with Gasteiger partial charge in [-0.15, -0.1) is 0 Å². The van der Waals surface area contributed by atoms with Crippen molar-refractivity contribution in [2.75, 3.05) is 26.7 Å². The number of hydrogen-bond acceptors (Lipinski definition) is 3. The molecule has 0 rings (SSSR count). The molecule has 3 heteroatoms. The summed E-state index contributed by atoms with van der Waals surface area (Å²) in [6.45, 7) is 3.47. The van der Waals surface area contributed by atoms with Gasteiger partial charge in [-0.05, 0) is 13.5 Å². The third kappa shape index (κ3) is 17.9. The van der Waals surface area contributed by atoms with Crippen LogP contribution in [0.3, 0.4) is 0 Å². The highest BCUT2D eigenvalue weighted by Crippen LogP contribution is 2.13. The van der Waals surface area contributed by atoms with E-state index in [1.807, 2.05) is 11.9 Å². The highest BCUT2D eigenvalue weighted by molar-refractivity contribution is 5.80. The van der Waals surface area contributed by atoms with E-state index in [9.17, 15) is 4.79 Å². The Kier molecular flexibility index (Phi) is 18.6. The van der Waals surface area contributed by atoms with Crippen LogP contribution in [0, 0.1) is 0 Å². The van der Waals surface area contributed by atoms with Crippen molar-refractivity contribution >= 4 is 5.78 Å². The van der Waals surface area contributed by atoms with E-state index in [-0.39, 0.29) is 6.61 Å². The molecule has 0 heterocycles. The van der Waals surface area contributed by atoms with Crippen molar-refractivity contribution in [2.24, 2.45) is 0 Å². The van der Waals surface area contributed by atoms with Crippen LogP contribution < -0.4 is 0 Å². The van der Waals surface area contributed by atoms with Crippen LogP contribution in [-0.4, -0.2) is 42.5 Å². The highest BCUT2D eigenvalue weighted by Gasteiger charge is 2.05. The molecule has 0 aliphatic carbocycles. The summed E-state index contributed by atoms with van der Waals surface area (Å²) in [7, 11) is 1.89. The Hall–Kier alpha value is -0.410. The number of aliphatic hydroxyl groups is 1. The van der Waals surface area contributed by atoms with Crippen LogP contribution >= 0.6 is 0 Å². The normalized spacial score (nSPS) is 11.3. The Morgan fingerprint density at radius 2 is 1.17 bits per heavy atom. The second-order valence-electron chi connectivity index (χ2n) is 7.35. The Morgan fingerprint density at radius 1 is 0.750 bits per heavy atom. The van der Waals surface area contributed by atoms with Crippen LogP contribution in [0.25, 0.3) is 0 Å². The second kappa shape index (κ2) is 18.9. The van der Waals surface area contributed by atoms with Crippen molar-refractivity contribution in [3.8, 4) is 0 Å². The molecule has 0 bridgehead atoms. The number of nitrogens with zero attached hydrogens (tertiary/aromatic N) is 1. The molecule has 0 amide bonds. The largest absolute Gasteiger partial charge is 0.395 e. The summed E-state index contributed by atoms with van der Waals surface area (Å²) >= 11 is 0. The average molecular weight is 342 g/mol. The summed E-state index contributed by atoms with van der Waals surface area (Å²) in [5, 5.41) is 8.80. The van der Waals surface area contributed by atoms with Crippen molar-refractivity contribution in [2.45, 2.75) is 103 Å². The number of rotatable bonds is 19. The molecular formula is C21H43NO2. The van der Waals surface area contributed by atoms with Gasteiger partial charge < -0.3 is 5.11 Å². The first kappa shape index (κ1) is 23.6. The molecule has 0 aliphatic rings. The van der Waals surface area contributed by atoms with Gasteiger partial charge in [0.15, 0.2) is 0 Å². The number of aliphatic hydroxyl groups excluding tert-OH is 1. The first-order valence-corrected chi connectivity index (χ1v) is 10.5. The van der Waals surface area contributed by atoms with Gasteiger partial charge >= 0.3 is 0 Å². The molecule has 0 unspecified atom stereocenters. The van der Waals surface area contributed by atoms with Gasteiger partial charge in [0.2, 0.25) is 0 Å². The number of unbranched alkanes of at least 4 members (excludes halogenated alkanes) is 13. The Morgan fingerprint density at radius 3 is 1.58 bits per heavy atom. The standard InChI is InChI=1S/C21H43NO2/c1-3-4-5-6-7-8-9-10-11-12-13-14-15-16-17-21(24)20-22(2)18-19-23/h23H,3-20H2,1-2H3. The minimum atomic E-state index is 0.128. The van der Waals surface area contributed by atoms with Gasteiger partial charge in [0, 0.05) is 13.0 Å². The molecule has 0 spiro atoms. The quantitative estimate of drug-likeness (QED) is 0.322. The predicted octanol–water partition coefficient (Wildman–Crippen LogP) is 5.35. The van der Waals surface area contributed by atoms with Crippen LogP contribution in [0.1, 0.15) is 103 Å². The molecule has 0 radical (unpaired) electrons. The SMILES string of the molecule is CCCCCCCCCCCCCCCCC(=O)CN(C)CCO. The van der Waals surface area contributed by atoms with Gasteiger partial charge in [0.1, 0.15) is 5.78 Å². The number of ketones is 1. The molecule has 0 aromatic carbocycles. The zero-order valence-electron chi connectivity index (χ0n) is 16.5. The summed E-state index contributed by atoms with van der Waals surface area (Å²) < 4.78 is 0. The van der Waals surface area contributed by atoms with Crippen molar-refractivity contribution in [1.29, 1.82) is 0 Å². The number of carbonyl (C=O) groups excluding carboxylic acids is 1. The van der Waals surface area contributed by atoms with Crippen molar-refractivity contribution in [1.82, 2.24) is 4.90 Å². The fraction of sp³-hybridized carbons (Fsp3) is 0.952. The summed E-state index contributed by atoms with van der Waals surface area (Å²) in [6.07, 6.45) is 19.6. The maximum atomic E-state index is 11.7. The van der Waals surface area contributed by atoms with E-state index in [4.69, 9.17) is 5.11 Å². The Bertz CT molecular complexity index is 269. The minimum Gasteiger partial charge on any atom is -0.395 e. The van der Waals surface area contributed by atoms with Crippen LogP contribution in [0.15, 0.2) is 0 Å². The average Bonchev–Trinajstić information content (AvgIpc) is 2.55. The van der Waals surface area contributed by atoms with Crippen molar-refractivity contribution in [3.63, 3.8) is 0 Å². The minimum absolute atomic E-state index is 0.128. The first-order valence-electron chi connectivity index (χ1n) is 10.5. The van der Waals surface area contributed by atoms with E-state index in [2.05, 4.69) is 6.92 Å². The summed E-state index contributed by atoms with van der Waals surface area (Å²) in [5.74, 6) is 0.310.